The Morgan fingerprint density at radius 3 is 2.52 bits per heavy atom. The number of amides is 1. The number of carbonyl (C=O) groups excluding carboxylic acids is 2. The SMILES string of the molecule is CCOC(=O)c1c(C)[nH]c(C(=O)NC(C)C(C)N2CCOCC2)c1C. The molecule has 1 fully saturated rings. The summed E-state index contributed by atoms with van der Waals surface area (Å²) in [6, 6.07) is 0.174. The number of carbonyl (C=O) groups is 2. The molecule has 2 unspecified atom stereocenters. The van der Waals surface area contributed by atoms with Crippen LogP contribution in [0.3, 0.4) is 0 Å². The van der Waals surface area contributed by atoms with Crippen molar-refractivity contribution in [2.24, 2.45) is 0 Å². The number of morpholine rings is 1. The molecule has 0 saturated carbocycles. The molecule has 0 radical (unpaired) electrons. The first kappa shape index (κ1) is 19.5. The van der Waals surface area contributed by atoms with Gasteiger partial charge in [0.15, 0.2) is 0 Å². The summed E-state index contributed by atoms with van der Waals surface area (Å²) in [6.45, 7) is 12.9. The Morgan fingerprint density at radius 1 is 1.28 bits per heavy atom. The van der Waals surface area contributed by atoms with Crippen LogP contribution >= 0.6 is 0 Å². The largest absolute Gasteiger partial charge is 0.462 e. The molecule has 0 aromatic carbocycles. The molecule has 2 N–H and O–H groups in total. The molecular formula is C18H29N3O4. The Balaban J connectivity index is 2.07. The summed E-state index contributed by atoms with van der Waals surface area (Å²) >= 11 is 0. The first-order chi connectivity index (χ1) is 11.9. The van der Waals surface area contributed by atoms with E-state index in [-0.39, 0.29) is 18.0 Å². The summed E-state index contributed by atoms with van der Waals surface area (Å²) < 4.78 is 10.4. The van der Waals surface area contributed by atoms with Crippen LogP contribution in [0.25, 0.3) is 0 Å². The molecule has 1 saturated heterocycles. The number of esters is 1. The quantitative estimate of drug-likeness (QED) is 0.762. The van der Waals surface area contributed by atoms with Gasteiger partial charge in [-0.15, -0.1) is 0 Å². The highest BCUT2D eigenvalue weighted by Crippen LogP contribution is 2.19. The number of ether oxygens (including phenoxy) is 2. The van der Waals surface area contributed by atoms with Crippen LogP contribution in [0, 0.1) is 13.8 Å². The zero-order valence-corrected chi connectivity index (χ0v) is 15.8. The van der Waals surface area contributed by atoms with E-state index in [2.05, 4.69) is 22.1 Å². The summed E-state index contributed by atoms with van der Waals surface area (Å²) in [6.07, 6.45) is 0. The van der Waals surface area contributed by atoms with Gasteiger partial charge < -0.3 is 19.8 Å². The molecule has 7 heteroatoms. The van der Waals surface area contributed by atoms with E-state index in [4.69, 9.17) is 9.47 Å². The fraction of sp³-hybridized carbons (Fsp3) is 0.667. The van der Waals surface area contributed by atoms with E-state index in [1.165, 1.54) is 0 Å². The molecule has 140 valence electrons. The fourth-order valence-electron chi connectivity index (χ4n) is 3.19. The topological polar surface area (TPSA) is 83.7 Å². The van der Waals surface area contributed by atoms with Gasteiger partial charge in [-0.3, -0.25) is 9.69 Å². The first-order valence-electron chi connectivity index (χ1n) is 8.85. The van der Waals surface area contributed by atoms with E-state index >= 15 is 0 Å². The predicted molar refractivity (Wildman–Crippen MR) is 95.0 cm³/mol. The number of H-pyrrole nitrogens is 1. The van der Waals surface area contributed by atoms with Crippen molar-refractivity contribution in [2.75, 3.05) is 32.9 Å². The normalized spacial score (nSPS) is 17.8. The van der Waals surface area contributed by atoms with Gasteiger partial charge >= 0.3 is 5.97 Å². The predicted octanol–water partition coefficient (Wildman–Crippen LogP) is 1.65. The average molecular weight is 351 g/mol. The Labute approximate surface area is 149 Å². The van der Waals surface area contributed by atoms with Crippen LogP contribution < -0.4 is 5.32 Å². The number of hydrogen-bond acceptors (Lipinski definition) is 5. The van der Waals surface area contributed by atoms with Crippen LogP contribution in [-0.2, 0) is 9.47 Å². The van der Waals surface area contributed by atoms with Crippen LogP contribution in [-0.4, -0.2) is 66.8 Å². The van der Waals surface area contributed by atoms with Crippen molar-refractivity contribution in [3.05, 3.63) is 22.5 Å². The van der Waals surface area contributed by atoms with Gasteiger partial charge in [-0.1, -0.05) is 0 Å². The monoisotopic (exact) mass is 351 g/mol. The molecule has 7 nitrogen and oxygen atoms in total. The Hall–Kier alpha value is -1.86. The maximum Gasteiger partial charge on any atom is 0.340 e. The van der Waals surface area contributed by atoms with Gasteiger partial charge in [0.25, 0.3) is 5.91 Å². The lowest BCUT2D eigenvalue weighted by Gasteiger charge is -2.35. The first-order valence-corrected chi connectivity index (χ1v) is 8.85. The lowest BCUT2D eigenvalue weighted by Crippen LogP contribution is -2.52. The summed E-state index contributed by atoms with van der Waals surface area (Å²) in [5, 5.41) is 3.04. The van der Waals surface area contributed by atoms with E-state index in [1.54, 1.807) is 20.8 Å². The van der Waals surface area contributed by atoms with Crippen LogP contribution in [0.15, 0.2) is 0 Å². The standard InChI is InChI=1S/C18H29N3O4/c1-6-25-18(23)15-11(2)16(19-13(15)4)17(22)20-12(3)14(5)21-7-9-24-10-8-21/h12,14,19H,6-10H2,1-5H3,(H,20,22). The van der Waals surface area contributed by atoms with Crippen LogP contribution in [0.2, 0.25) is 0 Å². The van der Waals surface area contributed by atoms with Crippen LogP contribution in [0.4, 0.5) is 0 Å². The second kappa shape index (κ2) is 8.49. The van der Waals surface area contributed by atoms with Crippen LogP contribution in [0.1, 0.15) is 52.9 Å². The van der Waals surface area contributed by atoms with Crippen LogP contribution in [0.5, 0.6) is 0 Å². The molecule has 0 spiro atoms. The molecule has 1 amide bonds. The van der Waals surface area contributed by atoms with Crippen molar-refractivity contribution >= 4 is 11.9 Å². The highest BCUT2D eigenvalue weighted by atomic mass is 16.5. The van der Waals surface area contributed by atoms with Gasteiger partial charge in [-0.2, -0.15) is 0 Å². The molecule has 2 heterocycles. The number of aryl methyl sites for hydroxylation is 1. The van der Waals surface area contributed by atoms with E-state index in [1.807, 2.05) is 6.92 Å². The molecule has 1 aromatic rings. The lowest BCUT2D eigenvalue weighted by molar-refractivity contribution is 0.0137. The van der Waals surface area contributed by atoms with E-state index in [0.717, 1.165) is 26.3 Å². The number of rotatable bonds is 6. The van der Waals surface area contributed by atoms with Gasteiger partial charge in [0, 0.05) is 30.9 Å². The second-order valence-electron chi connectivity index (χ2n) is 6.50. The minimum absolute atomic E-state index is 0.0281. The Morgan fingerprint density at radius 2 is 1.92 bits per heavy atom. The van der Waals surface area contributed by atoms with E-state index in [0.29, 0.717) is 29.1 Å². The van der Waals surface area contributed by atoms with E-state index in [9.17, 15) is 9.59 Å². The molecular weight excluding hydrogens is 322 g/mol. The van der Waals surface area contributed by atoms with Crippen molar-refractivity contribution in [1.29, 1.82) is 0 Å². The third kappa shape index (κ3) is 4.41. The molecule has 0 bridgehead atoms. The molecule has 1 aliphatic rings. The van der Waals surface area contributed by atoms with Gasteiger partial charge in [0.2, 0.25) is 0 Å². The highest BCUT2D eigenvalue weighted by molar-refractivity contribution is 6.00. The second-order valence-corrected chi connectivity index (χ2v) is 6.50. The number of aromatic nitrogens is 1. The smallest absolute Gasteiger partial charge is 0.340 e. The maximum absolute atomic E-state index is 12.7. The molecule has 1 aliphatic heterocycles. The molecule has 2 atom stereocenters. The Bertz CT molecular complexity index is 620. The van der Waals surface area contributed by atoms with Gasteiger partial charge in [-0.05, 0) is 40.2 Å². The minimum atomic E-state index is -0.400. The minimum Gasteiger partial charge on any atom is -0.462 e. The summed E-state index contributed by atoms with van der Waals surface area (Å²) in [4.78, 5) is 30.1. The van der Waals surface area contributed by atoms with Crippen molar-refractivity contribution < 1.29 is 19.1 Å². The molecule has 25 heavy (non-hydrogen) atoms. The zero-order valence-electron chi connectivity index (χ0n) is 15.8. The maximum atomic E-state index is 12.7. The lowest BCUT2D eigenvalue weighted by atomic mass is 10.1. The van der Waals surface area contributed by atoms with Crippen molar-refractivity contribution in [1.82, 2.24) is 15.2 Å². The number of hydrogen-bond donors (Lipinski definition) is 2. The molecule has 1 aromatic heterocycles. The number of nitrogens with zero attached hydrogens (tertiary/aromatic N) is 1. The fourth-order valence-corrected chi connectivity index (χ4v) is 3.19. The van der Waals surface area contributed by atoms with Crippen molar-refractivity contribution in [3.8, 4) is 0 Å². The van der Waals surface area contributed by atoms with Gasteiger partial charge in [0.05, 0.1) is 25.4 Å². The summed E-state index contributed by atoms with van der Waals surface area (Å²) in [7, 11) is 0. The van der Waals surface area contributed by atoms with Gasteiger partial charge in [-0.25, -0.2) is 4.79 Å². The zero-order chi connectivity index (χ0) is 18.6. The Kier molecular flexibility index (Phi) is 6.61. The van der Waals surface area contributed by atoms with E-state index < -0.39 is 5.97 Å². The summed E-state index contributed by atoms with van der Waals surface area (Å²) in [5.74, 6) is -0.605. The van der Waals surface area contributed by atoms with Gasteiger partial charge in [0.1, 0.15) is 5.69 Å². The number of aromatic amines is 1. The molecule has 0 aliphatic carbocycles. The van der Waals surface area contributed by atoms with Crippen molar-refractivity contribution in [2.45, 2.75) is 46.7 Å². The molecule has 2 rings (SSSR count). The third-order valence-electron chi connectivity index (χ3n) is 4.85. The number of nitrogens with one attached hydrogen (secondary N) is 2. The highest BCUT2D eigenvalue weighted by Gasteiger charge is 2.27. The third-order valence-corrected chi connectivity index (χ3v) is 4.85. The average Bonchev–Trinajstić information content (AvgIpc) is 2.89. The summed E-state index contributed by atoms with van der Waals surface area (Å²) in [5.41, 5.74) is 2.14. The van der Waals surface area contributed by atoms with Crippen molar-refractivity contribution in [3.63, 3.8) is 0 Å².